The van der Waals surface area contributed by atoms with Crippen molar-refractivity contribution in [3.8, 4) is 0 Å². The van der Waals surface area contributed by atoms with Crippen LogP contribution in [0.4, 0.5) is 0 Å². The molecule has 5 aromatic rings. The summed E-state index contributed by atoms with van der Waals surface area (Å²) in [5.41, 5.74) is 1.70. The zero-order chi connectivity index (χ0) is 30.6. The van der Waals surface area contributed by atoms with E-state index in [1.807, 2.05) is 0 Å². The minimum atomic E-state index is -1.20. The maximum Gasteiger partial charge on any atom is 0.338 e. The van der Waals surface area contributed by atoms with Gasteiger partial charge in [0.25, 0.3) is 0 Å². The standard InChI is InChI=1S/C32H26N4O7S/c1-35-18-34-27-24(29(35)44)33-19-36(27)28-26(43-32(39)22-15-9-4-10-16-22)25(42-31(38)21-13-7-3-8-14-21)23(41-28)17-40-30(37)20-11-5-2-6-12-20/h2-16,18-19,23,25-26,28H,17H2,1H3/t23-,25-,26-,28-/m1/s1. The summed E-state index contributed by atoms with van der Waals surface area (Å²) in [7, 11) is 1.75. The minimum Gasteiger partial charge on any atom is -0.459 e. The van der Waals surface area contributed by atoms with Crippen molar-refractivity contribution in [2.45, 2.75) is 24.5 Å². The van der Waals surface area contributed by atoms with Crippen LogP contribution in [0.25, 0.3) is 11.2 Å². The van der Waals surface area contributed by atoms with Crippen molar-refractivity contribution >= 4 is 41.3 Å². The van der Waals surface area contributed by atoms with Crippen LogP contribution in [-0.2, 0) is 26.0 Å². The summed E-state index contributed by atoms with van der Waals surface area (Å²) in [6, 6.07) is 25.2. The van der Waals surface area contributed by atoms with Gasteiger partial charge in [0.05, 0.1) is 29.3 Å². The van der Waals surface area contributed by atoms with Gasteiger partial charge in [-0.05, 0) is 36.4 Å². The van der Waals surface area contributed by atoms with Crippen molar-refractivity contribution < 1.29 is 33.3 Å². The van der Waals surface area contributed by atoms with Crippen molar-refractivity contribution in [3.63, 3.8) is 0 Å². The van der Waals surface area contributed by atoms with Crippen molar-refractivity contribution in [3.05, 3.63) is 125 Å². The summed E-state index contributed by atoms with van der Waals surface area (Å²) in [4.78, 5) is 48.4. The molecule has 2 aromatic heterocycles. The number of nitrogens with zero attached hydrogens (tertiary/aromatic N) is 4. The van der Waals surface area contributed by atoms with Crippen molar-refractivity contribution in [2.75, 3.05) is 6.61 Å². The zero-order valence-corrected chi connectivity index (χ0v) is 24.2. The molecule has 0 N–H and O–H groups in total. The van der Waals surface area contributed by atoms with Crippen molar-refractivity contribution in [1.82, 2.24) is 19.1 Å². The second-order valence-corrected chi connectivity index (χ2v) is 10.4. The van der Waals surface area contributed by atoms with Crippen LogP contribution in [0.15, 0.2) is 104 Å². The lowest BCUT2D eigenvalue weighted by Crippen LogP contribution is -2.41. The predicted octanol–water partition coefficient (Wildman–Crippen LogP) is 4.70. The summed E-state index contributed by atoms with van der Waals surface area (Å²) in [5, 5.41) is 0. The number of hydrogen-bond donors (Lipinski definition) is 0. The van der Waals surface area contributed by atoms with Gasteiger partial charge in [-0.1, -0.05) is 66.8 Å². The van der Waals surface area contributed by atoms with E-state index in [0.717, 1.165) is 0 Å². The normalized spacial score (nSPS) is 19.4. The Morgan fingerprint density at radius 2 is 1.27 bits per heavy atom. The molecule has 3 heterocycles. The van der Waals surface area contributed by atoms with Crippen LogP contribution in [0.1, 0.15) is 37.3 Å². The van der Waals surface area contributed by atoms with Crippen LogP contribution in [-0.4, -0.2) is 61.9 Å². The Labute approximate surface area is 256 Å². The average molecular weight is 611 g/mol. The fraction of sp³-hybridized carbons (Fsp3) is 0.188. The maximum atomic E-state index is 13.4. The Balaban J connectivity index is 1.38. The number of aromatic nitrogens is 4. The van der Waals surface area contributed by atoms with Gasteiger partial charge in [-0.15, -0.1) is 0 Å². The molecular formula is C32H26N4O7S. The van der Waals surface area contributed by atoms with Gasteiger partial charge < -0.3 is 23.5 Å². The van der Waals surface area contributed by atoms with E-state index in [0.29, 0.717) is 21.4 Å². The number of benzene rings is 3. The Bertz CT molecular complexity index is 1860. The SMILES string of the molecule is Cn1cnc2c(ncn2[C@@H]2O[C@H](COC(=O)c3ccccc3)[C@@H](OC(=O)c3ccccc3)[C@H]2OC(=O)c2ccccc2)c1=S. The van der Waals surface area contributed by atoms with Crippen molar-refractivity contribution in [1.29, 1.82) is 0 Å². The molecular weight excluding hydrogens is 584 g/mol. The van der Waals surface area contributed by atoms with Gasteiger partial charge in [0.2, 0.25) is 0 Å². The first-order chi connectivity index (χ1) is 21.4. The second-order valence-electron chi connectivity index (χ2n) is 9.99. The topological polar surface area (TPSA) is 124 Å². The molecule has 0 aliphatic carbocycles. The molecule has 0 radical (unpaired) electrons. The molecule has 1 fully saturated rings. The summed E-state index contributed by atoms with van der Waals surface area (Å²) < 4.78 is 27.6. The highest BCUT2D eigenvalue weighted by molar-refractivity contribution is 7.71. The molecule has 1 saturated heterocycles. The van der Waals surface area contributed by atoms with Gasteiger partial charge in [-0.3, -0.25) is 4.57 Å². The Morgan fingerprint density at radius 3 is 1.84 bits per heavy atom. The van der Waals surface area contributed by atoms with E-state index in [9.17, 15) is 14.4 Å². The zero-order valence-electron chi connectivity index (χ0n) is 23.4. The number of carbonyl (C=O) groups excluding carboxylic acids is 3. The fourth-order valence-corrected chi connectivity index (χ4v) is 5.05. The molecule has 0 amide bonds. The van der Waals surface area contributed by atoms with Crippen LogP contribution in [0.2, 0.25) is 0 Å². The highest BCUT2D eigenvalue weighted by atomic mass is 32.1. The van der Waals surface area contributed by atoms with E-state index in [1.54, 1.807) is 107 Å². The van der Waals surface area contributed by atoms with Crippen LogP contribution >= 0.6 is 12.2 Å². The number of esters is 3. The molecule has 6 rings (SSSR count). The largest absolute Gasteiger partial charge is 0.459 e. The summed E-state index contributed by atoms with van der Waals surface area (Å²) in [5.74, 6) is -1.94. The van der Waals surface area contributed by atoms with E-state index >= 15 is 0 Å². The molecule has 0 bridgehead atoms. The summed E-state index contributed by atoms with van der Waals surface area (Å²) >= 11 is 5.51. The molecule has 0 spiro atoms. The van der Waals surface area contributed by atoms with Crippen LogP contribution < -0.4 is 0 Å². The molecule has 222 valence electrons. The van der Waals surface area contributed by atoms with E-state index < -0.39 is 42.4 Å². The van der Waals surface area contributed by atoms with E-state index in [4.69, 9.17) is 31.2 Å². The number of hydrogen-bond acceptors (Lipinski definition) is 10. The first-order valence-electron chi connectivity index (χ1n) is 13.7. The van der Waals surface area contributed by atoms with Gasteiger partial charge in [0.15, 0.2) is 24.1 Å². The molecule has 1 aliphatic heterocycles. The van der Waals surface area contributed by atoms with E-state index in [1.165, 1.54) is 12.7 Å². The number of carbonyl (C=O) groups is 3. The third kappa shape index (κ3) is 5.85. The van der Waals surface area contributed by atoms with Gasteiger partial charge in [0, 0.05) is 7.05 Å². The Kier molecular flexibility index (Phi) is 8.26. The van der Waals surface area contributed by atoms with Gasteiger partial charge >= 0.3 is 17.9 Å². The molecule has 44 heavy (non-hydrogen) atoms. The predicted molar refractivity (Wildman–Crippen MR) is 159 cm³/mol. The van der Waals surface area contributed by atoms with Gasteiger partial charge in [0.1, 0.15) is 22.9 Å². The van der Waals surface area contributed by atoms with Gasteiger partial charge in [-0.2, -0.15) is 0 Å². The molecule has 4 atom stereocenters. The second kappa shape index (κ2) is 12.6. The Hall–Kier alpha value is -5.20. The molecule has 0 saturated carbocycles. The van der Waals surface area contributed by atoms with Crippen LogP contribution in [0, 0.1) is 4.64 Å². The maximum absolute atomic E-state index is 13.4. The van der Waals surface area contributed by atoms with E-state index in [-0.39, 0.29) is 17.7 Å². The lowest BCUT2D eigenvalue weighted by molar-refractivity contribution is -0.0606. The lowest BCUT2D eigenvalue weighted by atomic mass is 10.1. The first-order valence-corrected chi connectivity index (χ1v) is 14.1. The lowest BCUT2D eigenvalue weighted by Gasteiger charge is -2.25. The summed E-state index contributed by atoms with van der Waals surface area (Å²) in [6.45, 7) is -0.308. The van der Waals surface area contributed by atoms with Gasteiger partial charge in [-0.25, -0.2) is 24.4 Å². The molecule has 1 aliphatic rings. The van der Waals surface area contributed by atoms with Crippen LogP contribution in [0.5, 0.6) is 0 Å². The monoisotopic (exact) mass is 610 g/mol. The molecule has 12 heteroatoms. The highest BCUT2D eigenvalue weighted by Crippen LogP contribution is 2.37. The number of imidazole rings is 1. The smallest absolute Gasteiger partial charge is 0.338 e. The fourth-order valence-electron chi connectivity index (χ4n) is 4.86. The quantitative estimate of drug-likeness (QED) is 0.139. The third-order valence-corrected chi connectivity index (χ3v) is 7.58. The number of rotatable bonds is 8. The van der Waals surface area contributed by atoms with E-state index in [2.05, 4.69) is 9.97 Å². The number of fused-ring (bicyclic) bond motifs is 1. The average Bonchev–Trinajstić information content (AvgIpc) is 3.64. The third-order valence-electron chi connectivity index (χ3n) is 7.10. The Morgan fingerprint density at radius 1 is 0.750 bits per heavy atom. The molecule has 0 unspecified atom stereocenters. The molecule has 3 aromatic carbocycles. The summed E-state index contributed by atoms with van der Waals surface area (Å²) in [6.07, 6.45) is -1.49. The number of ether oxygens (including phenoxy) is 4. The van der Waals surface area contributed by atoms with Crippen molar-refractivity contribution in [2.24, 2.45) is 7.05 Å². The highest BCUT2D eigenvalue weighted by Gasteiger charge is 2.51. The first kappa shape index (κ1) is 28.9. The minimum absolute atomic E-state index is 0.280. The molecule has 11 nitrogen and oxygen atoms in total. The van der Waals surface area contributed by atoms with Crippen LogP contribution in [0.3, 0.4) is 0 Å². The number of aryl methyl sites for hydroxylation is 1.